The molecule has 0 unspecified atom stereocenters. The zero-order valence-corrected chi connectivity index (χ0v) is 12.6. The number of nitrogens with zero attached hydrogens (tertiary/aromatic N) is 2. The molecule has 1 aromatic carbocycles. The third-order valence-corrected chi connectivity index (χ3v) is 3.92. The number of carbonyl (C=O) groups is 2. The van der Waals surface area contributed by atoms with Crippen molar-refractivity contribution in [1.29, 1.82) is 0 Å². The Hall–Kier alpha value is -2.56. The molecule has 1 N–H and O–H groups in total. The van der Waals surface area contributed by atoms with Crippen molar-refractivity contribution in [3.63, 3.8) is 0 Å². The van der Waals surface area contributed by atoms with Crippen LogP contribution in [0, 0.1) is 0 Å². The molecule has 114 valence electrons. The third-order valence-electron chi connectivity index (χ3n) is 3.92. The molecule has 22 heavy (non-hydrogen) atoms. The minimum atomic E-state index is -0.310. The summed E-state index contributed by atoms with van der Waals surface area (Å²) in [6, 6.07) is 10.3. The van der Waals surface area contributed by atoms with Crippen molar-refractivity contribution in [1.82, 2.24) is 10.2 Å². The molecule has 0 saturated carbocycles. The second kappa shape index (κ2) is 6.05. The number of benzene rings is 1. The number of rotatable bonds is 2. The van der Waals surface area contributed by atoms with Gasteiger partial charge in [0.15, 0.2) is 5.78 Å². The van der Waals surface area contributed by atoms with Gasteiger partial charge in [0.2, 0.25) is 0 Å². The molecule has 1 amide bonds. The molecule has 0 aromatic heterocycles. The van der Waals surface area contributed by atoms with E-state index in [1.54, 1.807) is 13.1 Å². The number of allylic oxidation sites excluding steroid dienone is 2. The van der Waals surface area contributed by atoms with Gasteiger partial charge in [-0.25, -0.2) is 0 Å². The monoisotopic (exact) mass is 297 g/mol. The number of hydrogen-bond donors (Lipinski definition) is 1. The van der Waals surface area contributed by atoms with Crippen molar-refractivity contribution in [2.75, 3.05) is 31.1 Å². The van der Waals surface area contributed by atoms with Gasteiger partial charge in [-0.2, -0.15) is 0 Å². The summed E-state index contributed by atoms with van der Waals surface area (Å²) in [7, 11) is 0. The lowest BCUT2D eigenvalue weighted by Crippen LogP contribution is -2.45. The number of hydrogen-bond acceptors (Lipinski definition) is 4. The smallest absolute Gasteiger partial charge is 0.260 e. The number of para-hydroxylation sites is 1. The zero-order valence-electron chi connectivity index (χ0n) is 12.6. The van der Waals surface area contributed by atoms with Gasteiger partial charge in [-0.3, -0.25) is 9.59 Å². The molecule has 5 nitrogen and oxygen atoms in total. The number of piperazine rings is 1. The Balaban J connectivity index is 1.66. The maximum absolute atomic E-state index is 11.9. The summed E-state index contributed by atoms with van der Waals surface area (Å²) >= 11 is 0. The normalized spacial score (nSPS) is 21.0. The van der Waals surface area contributed by atoms with E-state index in [1.807, 2.05) is 23.1 Å². The van der Waals surface area contributed by atoms with Crippen LogP contribution in [0.2, 0.25) is 0 Å². The van der Waals surface area contributed by atoms with Crippen LogP contribution in [0.5, 0.6) is 0 Å². The van der Waals surface area contributed by atoms with Crippen LogP contribution in [0.15, 0.2) is 53.9 Å². The Kier molecular flexibility index (Phi) is 3.96. The summed E-state index contributed by atoms with van der Waals surface area (Å²) in [5.41, 5.74) is 2.03. The van der Waals surface area contributed by atoms with Gasteiger partial charge in [0, 0.05) is 49.8 Å². The van der Waals surface area contributed by atoms with Gasteiger partial charge in [-0.05, 0) is 19.1 Å². The number of amides is 1. The Labute approximate surface area is 129 Å². The fourth-order valence-corrected chi connectivity index (χ4v) is 2.72. The molecule has 3 rings (SSSR count). The average molecular weight is 297 g/mol. The molecule has 2 heterocycles. The molecule has 1 aromatic rings. The summed E-state index contributed by atoms with van der Waals surface area (Å²) in [5.74, 6) is -0.526. The van der Waals surface area contributed by atoms with E-state index in [0.717, 1.165) is 26.2 Å². The van der Waals surface area contributed by atoms with Crippen molar-refractivity contribution in [2.24, 2.45) is 0 Å². The van der Waals surface area contributed by atoms with E-state index in [4.69, 9.17) is 0 Å². The van der Waals surface area contributed by atoms with E-state index in [0.29, 0.717) is 5.70 Å². The van der Waals surface area contributed by atoms with Crippen LogP contribution in [0.4, 0.5) is 5.69 Å². The van der Waals surface area contributed by atoms with E-state index in [-0.39, 0.29) is 17.3 Å². The van der Waals surface area contributed by atoms with E-state index < -0.39 is 0 Å². The summed E-state index contributed by atoms with van der Waals surface area (Å²) < 4.78 is 0. The Morgan fingerprint density at radius 3 is 2.36 bits per heavy atom. The van der Waals surface area contributed by atoms with Crippen LogP contribution in [0.3, 0.4) is 0 Å². The average Bonchev–Trinajstić information content (AvgIpc) is 2.52. The Morgan fingerprint density at radius 1 is 1.05 bits per heavy atom. The molecule has 1 saturated heterocycles. The fraction of sp³-hybridized carbons (Fsp3) is 0.294. The standard InChI is InChI=1S/C17H19N3O2/c1-13-11-16(21)15(17(22)18-13)12-19-7-9-20(10-8-19)14-5-3-2-4-6-14/h2-6,11-12H,7-10H2,1H3,(H,18,22)/b15-12-. The van der Waals surface area contributed by atoms with E-state index in [2.05, 4.69) is 22.3 Å². The lowest BCUT2D eigenvalue weighted by atomic mass is 10.1. The van der Waals surface area contributed by atoms with Crippen LogP contribution in [-0.2, 0) is 9.59 Å². The van der Waals surface area contributed by atoms with E-state index >= 15 is 0 Å². The number of nitrogens with one attached hydrogen (secondary N) is 1. The Morgan fingerprint density at radius 2 is 1.73 bits per heavy atom. The molecular weight excluding hydrogens is 278 g/mol. The first-order valence-electron chi connectivity index (χ1n) is 7.43. The minimum absolute atomic E-state index is 0.216. The molecule has 2 aliphatic heterocycles. The first-order valence-corrected chi connectivity index (χ1v) is 7.43. The third kappa shape index (κ3) is 3.03. The van der Waals surface area contributed by atoms with Crippen molar-refractivity contribution in [2.45, 2.75) is 6.92 Å². The lowest BCUT2D eigenvalue weighted by molar-refractivity contribution is -0.121. The highest BCUT2D eigenvalue weighted by Crippen LogP contribution is 2.17. The first kappa shape index (κ1) is 14.4. The van der Waals surface area contributed by atoms with E-state index in [1.165, 1.54) is 11.8 Å². The van der Waals surface area contributed by atoms with Gasteiger partial charge in [0.1, 0.15) is 5.57 Å². The van der Waals surface area contributed by atoms with Gasteiger partial charge < -0.3 is 15.1 Å². The van der Waals surface area contributed by atoms with Gasteiger partial charge in [-0.15, -0.1) is 0 Å². The second-order valence-electron chi connectivity index (χ2n) is 5.55. The highest BCUT2D eigenvalue weighted by molar-refractivity contribution is 6.25. The van der Waals surface area contributed by atoms with Crippen molar-refractivity contribution >= 4 is 17.4 Å². The second-order valence-corrected chi connectivity index (χ2v) is 5.55. The van der Waals surface area contributed by atoms with Crippen molar-refractivity contribution < 1.29 is 9.59 Å². The molecule has 0 bridgehead atoms. The SMILES string of the molecule is CC1=CC(=O)/C(=C/N2CCN(c3ccccc3)CC2)C(=O)N1. The summed E-state index contributed by atoms with van der Waals surface area (Å²) in [6.45, 7) is 5.05. The number of carbonyl (C=O) groups excluding carboxylic acids is 2. The fourth-order valence-electron chi connectivity index (χ4n) is 2.72. The van der Waals surface area contributed by atoms with Gasteiger partial charge in [0.25, 0.3) is 5.91 Å². The molecule has 2 aliphatic rings. The minimum Gasteiger partial charge on any atom is -0.373 e. The highest BCUT2D eigenvalue weighted by Gasteiger charge is 2.24. The molecule has 0 radical (unpaired) electrons. The van der Waals surface area contributed by atoms with Crippen molar-refractivity contribution in [3.05, 3.63) is 53.9 Å². The number of ketones is 1. The first-order chi connectivity index (χ1) is 10.6. The maximum atomic E-state index is 11.9. The van der Waals surface area contributed by atoms with Crippen LogP contribution in [0.25, 0.3) is 0 Å². The zero-order chi connectivity index (χ0) is 15.5. The van der Waals surface area contributed by atoms with Gasteiger partial charge in [-0.1, -0.05) is 18.2 Å². The van der Waals surface area contributed by atoms with Gasteiger partial charge >= 0.3 is 0 Å². The van der Waals surface area contributed by atoms with Crippen LogP contribution in [-0.4, -0.2) is 42.8 Å². The van der Waals surface area contributed by atoms with Crippen LogP contribution >= 0.6 is 0 Å². The summed E-state index contributed by atoms with van der Waals surface area (Å²) in [4.78, 5) is 28.2. The quantitative estimate of drug-likeness (QED) is 0.660. The van der Waals surface area contributed by atoms with Crippen molar-refractivity contribution in [3.8, 4) is 0 Å². The Bertz CT molecular complexity index is 641. The maximum Gasteiger partial charge on any atom is 0.260 e. The molecule has 0 spiro atoms. The topological polar surface area (TPSA) is 52.7 Å². The highest BCUT2D eigenvalue weighted by atomic mass is 16.2. The van der Waals surface area contributed by atoms with Crippen LogP contribution < -0.4 is 10.2 Å². The molecule has 1 fully saturated rings. The molecular formula is C17H19N3O2. The summed E-state index contributed by atoms with van der Waals surface area (Å²) in [6.07, 6.45) is 3.16. The predicted molar refractivity (Wildman–Crippen MR) is 85.2 cm³/mol. The van der Waals surface area contributed by atoms with Crippen LogP contribution in [0.1, 0.15) is 6.92 Å². The number of anilines is 1. The summed E-state index contributed by atoms with van der Waals surface area (Å²) in [5, 5.41) is 2.68. The van der Waals surface area contributed by atoms with Gasteiger partial charge in [0.05, 0.1) is 0 Å². The van der Waals surface area contributed by atoms with E-state index in [9.17, 15) is 9.59 Å². The predicted octanol–water partition coefficient (Wildman–Crippen LogP) is 1.30. The lowest BCUT2D eigenvalue weighted by Gasteiger charge is -2.36. The molecule has 5 heteroatoms. The largest absolute Gasteiger partial charge is 0.373 e. The molecule has 0 aliphatic carbocycles. The molecule has 0 atom stereocenters.